The van der Waals surface area contributed by atoms with Crippen molar-refractivity contribution >= 4 is 22.8 Å². The minimum absolute atomic E-state index is 0.257. The van der Waals surface area contributed by atoms with Crippen LogP contribution >= 0.6 is 0 Å². The number of aliphatic carboxylic acids is 1. The van der Waals surface area contributed by atoms with E-state index in [0.717, 1.165) is 16.5 Å². The lowest BCUT2D eigenvalue weighted by Crippen LogP contribution is -2.41. The summed E-state index contributed by atoms with van der Waals surface area (Å²) < 4.78 is 0. The van der Waals surface area contributed by atoms with Crippen molar-refractivity contribution in [3.63, 3.8) is 0 Å². The Balaban J connectivity index is 2.21. The zero-order chi connectivity index (χ0) is 13.8. The summed E-state index contributed by atoms with van der Waals surface area (Å²) >= 11 is 0. The average molecular weight is 260 g/mol. The fourth-order valence-electron chi connectivity index (χ4n) is 2.02. The van der Waals surface area contributed by atoms with E-state index in [1.807, 2.05) is 24.3 Å². The van der Waals surface area contributed by atoms with Crippen molar-refractivity contribution < 1.29 is 14.7 Å². The number of fused-ring (bicyclic) bond motifs is 1. The molecule has 19 heavy (non-hydrogen) atoms. The molecule has 1 amide bonds. The molecule has 2 rings (SSSR count). The summed E-state index contributed by atoms with van der Waals surface area (Å²) in [5, 5.41) is 12.7. The molecule has 0 unspecified atom stereocenters. The maximum Gasteiger partial charge on any atom is 0.326 e. The number of para-hydroxylation sites is 1. The fourth-order valence-corrected chi connectivity index (χ4v) is 2.02. The van der Waals surface area contributed by atoms with Gasteiger partial charge in [0.05, 0.1) is 0 Å². The molecule has 5 heteroatoms. The van der Waals surface area contributed by atoms with Crippen LogP contribution in [0.2, 0.25) is 0 Å². The summed E-state index contributed by atoms with van der Waals surface area (Å²) in [6.45, 7) is 1.69. The lowest BCUT2D eigenvalue weighted by molar-refractivity contribution is -0.141. The lowest BCUT2D eigenvalue weighted by atomic mass is 10.0. The number of aromatic nitrogens is 1. The van der Waals surface area contributed by atoms with Crippen LogP contribution in [0.3, 0.4) is 0 Å². The van der Waals surface area contributed by atoms with E-state index in [0.29, 0.717) is 0 Å². The maximum atomic E-state index is 11.3. The first-order valence-electron chi connectivity index (χ1n) is 6.19. The Hall–Kier alpha value is -2.30. The van der Waals surface area contributed by atoms with Gasteiger partial charge in [0, 0.05) is 29.9 Å². The smallest absolute Gasteiger partial charge is 0.326 e. The number of carbonyl (C=O) groups excluding carboxylic acids is 1. The van der Waals surface area contributed by atoms with Crippen molar-refractivity contribution in [2.24, 2.45) is 0 Å². The molecule has 0 radical (unpaired) electrons. The van der Waals surface area contributed by atoms with Gasteiger partial charge in [0.2, 0.25) is 5.91 Å². The largest absolute Gasteiger partial charge is 0.480 e. The molecular formula is C14H16N2O3. The first kappa shape index (κ1) is 13.1. The van der Waals surface area contributed by atoms with Gasteiger partial charge < -0.3 is 15.4 Å². The predicted molar refractivity (Wildman–Crippen MR) is 71.9 cm³/mol. The predicted octanol–water partition coefficient (Wildman–Crippen LogP) is 1.69. The number of hydrogen-bond donors (Lipinski definition) is 3. The van der Waals surface area contributed by atoms with Gasteiger partial charge in [0.15, 0.2) is 0 Å². The number of carboxylic acid groups (broad SMARTS) is 1. The number of carbonyl (C=O) groups is 2. The van der Waals surface area contributed by atoms with Gasteiger partial charge in [-0.2, -0.15) is 0 Å². The SMILES string of the molecule is CCC(=O)N[C@H](Cc1c[nH]c2ccccc12)C(=O)O. The van der Waals surface area contributed by atoms with Gasteiger partial charge in [-0.3, -0.25) is 4.79 Å². The number of carboxylic acids is 1. The van der Waals surface area contributed by atoms with E-state index in [1.54, 1.807) is 13.1 Å². The monoisotopic (exact) mass is 260 g/mol. The number of H-pyrrole nitrogens is 1. The van der Waals surface area contributed by atoms with Gasteiger partial charge in [-0.05, 0) is 11.6 Å². The highest BCUT2D eigenvalue weighted by Gasteiger charge is 2.21. The molecule has 0 saturated carbocycles. The highest BCUT2D eigenvalue weighted by Crippen LogP contribution is 2.19. The molecule has 0 fully saturated rings. The fraction of sp³-hybridized carbons (Fsp3) is 0.286. The molecule has 1 atom stereocenters. The van der Waals surface area contributed by atoms with E-state index in [2.05, 4.69) is 10.3 Å². The van der Waals surface area contributed by atoms with Gasteiger partial charge in [-0.25, -0.2) is 4.79 Å². The maximum absolute atomic E-state index is 11.3. The van der Waals surface area contributed by atoms with Gasteiger partial charge in [0.1, 0.15) is 6.04 Å². The second-order valence-corrected chi connectivity index (χ2v) is 4.38. The molecule has 3 N–H and O–H groups in total. The van der Waals surface area contributed by atoms with Gasteiger partial charge in [0.25, 0.3) is 0 Å². The van der Waals surface area contributed by atoms with Crippen molar-refractivity contribution in [2.45, 2.75) is 25.8 Å². The van der Waals surface area contributed by atoms with Crippen LogP contribution in [0.15, 0.2) is 30.5 Å². The van der Waals surface area contributed by atoms with Crippen LogP contribution in [0.25, 0.3) is 10.9 Å². The summed E-state index contributed by atoms with van der Waals surface area (Å²) in [7, 11) is 0. The van der Waals surface area contributed by atoms with Crippen molar-refractivity contribution in [3.8, 4) is 0 Å². The molecule has 0 bridgehead atoms. The molecular weight excluding hydrogens is 244 g/mol. The minimum atomic E-state index is -1.02. The van der Waals surface area contributed by atoms with E-state index in [1.165, 1.54) is 0 Å². The molecule has 2 aromatic rings. The number of amides is 1. The van der Waals surface area contributed by atoms with Crippen LogP contribution in [0, 0.1) is 0 Å². The van der Waals surface area contributed by atoms with Crippen LogP contribution in [0.1, 0.15) is 18.9 Å². The molecule has 0 saturated heterocycles. The average Bonchev–Trinajstić information content (AvgIpc) is 2.81. The summed E-state index contributed by atoms with van der Waals surface area (Å²) in [6, 6.07) is 6.78. The Morgan fingerprint density at radius 2 is 2.11 bits per heavy atom. The Morgan fingerprint density at radius 3 is 2.79 bits per heavy atom. The third-order valence-corrected chi connectivity index (χ3v) is 3.05. The number of aromatic amines is 1. The summed E-state index contributed by atoms with van der Waals surface area (Å²) in [5.74, 6) is -1.28. The summed E-state index contributed by atoms with van der Waals surface area (Å²) in [4.78, 5) is 25.6. The summed E-state index contributed by atoms with van der Waals surface area (Å²) in [6.07, 6.45) is 2.33. The highest BCUT2D eigenvalue weighted by molar-refractivity contribution is 5.86. The van der Waals surface area contributed by atoms with Gasteiger partial charge in [-0.1, -0.05) is 25.1 Å². The Kier molecular flexibility index (Phi) is 3.85. The van der Waals surface area contributed by atoms with Crippen LogP contribution in [-0.4, -0.2) is 28.0 Å². The second kappa shape index (κ2) is 5.56. The topological polar surface area (TPSA) is 82.2 Å². The third kappa shape index (κ3) is 2.93. The number of rotatable bonds is 5. The molecule has 1 heterocycles. The van der Waals surface area contributed by atoms with Crippen molar-refractivity contribution in [2.75, 3.05) is 0 Å². The third-order valence-electron chi connectivity index (χ3n) is 3.05. The van der Waals surface area contributed by atoms with Gasteiger partial charge >= 0.3 is 5.97 Å². The number of nitrogens with one attached hydrogen (secondary N) is 2. The molecule has 1 aromatic heterocycles. The van der Waals surface area contributed by atoms with E-state index in [-0.39, 0.29) is 18.7 Å². The molecule has 100 valence electrons. The standard InChI is InChI=1S/C14H16N2O3/c1-2-13(17)16-12(14(18)19)7-9-8-15-11-6-4-3-5-10(9)11/h3-6,8,12,15H,2,7H2,1H3,(H,16,17)(H,18,19)/t12-/m1/s1. The molecule has 0 aliphatic carbocycles. The second-order valence-electron chi connectivity index (χ2n) is 4.38. The Bertz CT molecular complexity index is 604. The van der Waals surface area contributed by atoms with E-state index < -0.39 is 12.0 Å². The number of benzene rings is 1. The van der Waals surface area contributed by atoms with Crippen LogP contribution < -0.4 is 5.32 Å². The van der Waals surface area contributed by atoms with Crippen LogP contribution in [-0.2, 0) is 16.0 Å². The Labute approximate surface area is 110 Å². The zero-order valence-corrected chi connectivity index (χ0v) is 10.6. The normalized spacial score (nSPS) is 12.3. The first-order valence-corrected chi connectivity index (χ1v) is 6.19. The Morgan fingerprint density at radius 1 is 1.37 bits per heavy atom. The molecule has 0 aliphatic rings. The van der Waals surface area contributed by atoms with Crippen molar-refractivity contribution in [1.82, 2.24) is 10.3 Å². The van der Waals surface area contributed by atoms with Crippen LogP contribution in [0.4, 0.5) is 0 Å². The lowest BCUT2D eigenvalue weighted by Gasteiger charge is -2.13. The summed E-state index contributed by atoms with van der Waals surface area (Å²) in [5.41, 5.74) is 1.85. The molecule has 0 aliphatic heterocycles. The highest BCUT2D eigenvalue weighted by atomic mass is 16.4. The van der Waals surface area contributed by atoms with Crippen molar-refractivity contribution in [1.29, 1.82) is 0 Å². The van der Waals surface area contributed by atoms with Crippen LogP contribution in [0.5, 0.6) is 0 Å². The zero-order valence-electron chi connectivity index (χ0n) is 10.6. The number of hydrogen-bond acceptors (Lipinski definition) is 2. The van der Waals surface area contributed by atoms with Gasteiger partial charge in [-0.15, -0.1) is 0 Å². The van der Waals surface area contributed by atoms with E-state index in [4.69, 9.17) is 5.11 Å². The van der Waals surface area contributed by atoms with E-state index >= 15 is 0 Å². The van der Waals surface area contributed by atoms with E-state index in [9.17, 15) is 9.59 Å². The van der Waals surface area contributed by atoms with Crippen molar-refractivity contribution in [3.05, 3.63) is 36.0 Å². The molecule has 1 aromatic carbocycles. The quantitative estimate of drug-likeness (QED) is 0.765. The minimum Gasteiger partial charge on any atom is -0.480 e. The first-order chi connectivity index (χ1) is 9.11. The molecule has 0 spiro atoms. The molecule has 5 nitrogen and oxygen atoms in total.